The molecule has 1 aromatic heterocycles. The van der Waals surface area contributed by atoms with Crippen molar-refractivity contribution in [1.82, 2.24) is 10.1 Å². The number of ether oxygens (including phenoxy) is 1. The molecular formula is C21H20N2O3. The fourth-order valence-electron chi connectivity index (χ4n) is 3.47. The van der Waals surface area contributed by atoms with E-state index in [0.29, 0.717) is 18.0 Å². The summed E-state index contributed by atoms with van der Waals surface area (Å²) >= 11 is 0. The summed E-state index contributed by atoms with van der Waals surface area (Å²) in [6.45, 7) is 2.69. The highest BCUT2D eigenvalue weighted by atomic mass is 16.5. The van der Waals surface area contributed by atoms with Crippen LogP contribution in [-0.2, 0) is 6.42 Å². The Kier molecular flexibility index (Phi) is 4.21. The van der Waals surface area contributed by atoms with Crippen LogP contribution in [0, 0.1) is 0 Å². The van der Waals surface area contributed by atoms with Crippen molar-refractivity contribution in [3.05, 3.63) is 71.4 Å². The van der Waals surface area contributed by atoms with Crippen LogP contribution in [0.4, 0.5) is 0 Å². The average molecular weight is 348 g/mol. The summed E-state index contributed by atoms with van der Waals surface area (Å²) in [5.74, 6) is 1.34. The van der Waals surface area contributed by atoms with Gasteiger partial charge in [-0.25, -0.2) is 0 Å². The lowest BCUT2D eigenvalue weighted by atomic mass is 9.93. The molecule has 5 nitrogen and oxygen atoms in total. The number of amides is 1. The largest absolute Gasteiger partial charge is 0.497 e. The van der Waals surface area contributed by atoms with E-state index in [-0.39, 0.29) is 11.9 Å². The maximum atomic E-state index is 13.0. The molecule has 0 fully saturated rings. The Bertz CT molecular complexity index is 933. The SMILES string of the molecule is COc1ccc2c(c1)CCN(C(=O)c1cc(-c3ccccc3)on1)C2C. The number of aromatic nitrogens is 1. The van der Waals surface area contributed by atoms with Gasteiger partial charge in [0.1, 0.15) is 5.75 Å². The number of hydrogen-bond donors (Lipinski definition) is 0. The fraction of sp³-hybridized carbons (Fsp3) is 0.238. The quantitative estimate of drug-likeness (QED) is 0.715. The summed E-state index contributed by atoms with van der Waals surface area (Å²) in [4.78, 5) is 14.8. The van der Waals surface area contributed by atoms with Gasteiger partial charge in [0.2, 0.25) is 0 Å². The van der Waals surface area contributed by atoms with E-state index in [9.17, 15) is 4.79 Å². The van der Waals surface area contributed by atoms with E-state index in [1.54, 1.807) is 13.2 Å². The summed E-state index contributed by atoms with van der Waals surface area (Å²) in [6.07, 6.45) is 0.798. The molecule has 0 saturated heterocycles. The van der Waals surface area contributed by atoms with Gasteiger partial charge >= 0.3 is 0 Å². The van der Waals surface area contributed by atoms with Crippen molar-refractivity contribution in [1.29, 1.82) is 0 Å². The Morgan fingerprint density at radius 2 is 2.00 bits per heavy atom. The van der Waals surface area contributed by atoms with Crippen molar-refractivity contribution in [3.8, 4) is 17.1 Å². The van der Waals surface area contributed by atoms with Crippen molar-refractivity contribution < 1.29 is 14.1 Å². The van der Waals surface area contributed by atoms with Gasteiger partial charge in [-0.05, 0) is 36.6 Å². The van der Waals surface area contributed by atoms with Crippen LogP contribution in [0.15, 0.2) is 59.1 Å². The molecule has 2 heterocycles. The molecule has 0 N–H and O–H groups in total. The van der Waals surface area contributed by atoms with Gasteiger partial charge in [-0.2, -0.15) is 0 Å². The fourth-order valence-corrected chi connectivity index (χ4v) is 3.47. The lowest BCUT2D eigenvalue weighted by molar-refractivity contribution is 0.0667. The second-order valence-corrected chi connectivity index (χ2v) is 6.43. The van der Waals surface area contributed by atoms with Crippen molar-refractivity contribution in [2.24, 2.45) is 0 Å². The molecule has 26 heavy (non-hydrogen) atoms. The lowest BCUT2D eigenvalue weighted by Crippen LogP contribution is -2.39. The first-order valence-corrected chi connectivity index (χ1v) is 8.67. The molecular weight excluding hydrogens is 328 g/mol. The van der Waals surface area contributed by atoms with Crippen LogP contribution >= 0.6 is 0 Å². The summed E-state index contributed by atoms with van der Waals surface area (Å²) in [7, 11) is 1.67. The topological polar surface area (TPSA) is 55.6 Å². The third-order valence-electron chi connectivity index (χ3n) is 4.94. The number of rotatable bonds is 3. The minimum absolute atomic E-state index is 0.0194. The molecule has 3 aromatic rings. The zero-order valence-electron chi connectivity index (χ0n) is 14.8. The van der Waals surface area contributed by atoms with E-state index < -0.39 is 0 Å². The molecule has 4 rings (SSSR count). The predicted molar refractivity (Wildman–Crippen MR) is 98.1 cm³/mol. The normalized spacial score (nSPS) is 16.2. The van der Waals surface area contributed by atoms with Crippen molar-refractivity contribution in [3.63, 3.8) is 0 Å². The third kappa shape index (κ3) is 2.86. The molecule has 1 atom stereocenters. The first kappa shape index (κ1) is 16.4. The standard InChI is InChI=1S/C21H20N2O3/c1-14-18-9-8-17(25-2)12-16(18)10-11-23(14)21(24)19-13-20(26-22-19)15-6-4-3-5-7-15/h3-9,12-14H,10-11H2,1-2H3. The average Bonchev–Trinajstić information content (AvgIpc) is 3.18. The molecule has 132 valence electrons. The van der Waals surface area contributed by atoms with E-state index in [0.717, 1.165) is 23.3 Å². The summed E-state index contributed by atoms with van der Waals surface area (Å²) < 4.78 is 10.7. The van der Waals surface area contributed by atoms with Gasteiger partial charge in [0, 0.05) is 18.2 Å². The molecule has 1 unspecified atom stereocenters. The molecule has 0 spiro atoms. The zero-order valence-corrected chi connectivity index (χ0v) is 14.8. The minimum Gasteiger partial charge on any atom is -0.497 e. The van der Waals surface area contributed by atoms with Gasteiger partial charge in [-0.3, -0.25) is 4.79 Å². The van der Waals surface area contributed by atoms with Crippen LogP contribution in [0.2, 0.25) is 0 Å². The number of methoxy groups -OCH3 is 1. The van der Waals surface area contributed by atoms with Gasteiger partial charge in [0.25, 0.3) is 5.91 Å². The van der Waals surface area contributed by atoms with Crippen LogP contribution in [0.3, 0.4) is 0 Å². The second kappa shape index (κ2) is 6.67. The maximum Gasteiger partial charge on any atom is 0.276 e. The van der Waals surface area contributed by atoms with Crippen LogP contribution in [-0.4, -0.2) is 29.6 Å². The molecule has 1 amide bonds. The molecule has 0 aliphatic carbocycles. The van der Waals surface area contributed by atoms with Crippen LogP contribution in [0.25, 0.3) is 11.3 Å². The molecule has 5 heteroatoms. The van der Waals surface area contributed by atoms with Crippen LogP contribution in [0.5, 0.6) is 5.75 Å². The molecule has 0 bridgehead atoms. The first-order valence-electron chi connectivity index (χ1n) is 8.67. The number of carbonyl (C=O) groups excluding carboxylic acids is 1. The van der Waals surface area contributed by atoms with Crippen LogP contribution in [0.1, 0.15) is 34.6 Å². The zero-order chi connectivity index (χ0) is 18.1. The first-order chi connectivity index (χ1) is 12.7. The van der Waals surface area contributed by atoms with E-state index in [1.807, 2.05) is 54.3 Å². The maximum absolute atomic E-state index is 13.0. The number of benzene rings is 2. The Morgan fingerprint density at radius 3 is 2.77 bits per heavy atom. The number of carbonyl (C=O) groups is 1. The summed E-state index contributed by atoms with van der Waals surface area (Å²) in [6, 6.07) is 17.4. The predicted octanol–water partition coefficient (Wildman–Crippen LogP) is 4.11. The molecule has 0 saturated carbocycles. The van der Waals surface area contributed by atoms with Gasteiger partial charge in [0.05, 0.1) is 13.2 Å². The van der Waals surface area contributed by atoms with Crippen molar-refractivity contribution in [2.45, 2.75) is 19.4 Å². The minimum atomic E-state index is -0.107. The van der Waals surface area contributed by atoms with Crippen molar-refractivity contribution in [2.75, 3.05) is 13.7 Å². The summed E-state index contributed by atoms with van der Waals surface area (Å²) in [5, 5.41) is 4.00. The summed E-state index contributed by atoms with van der Waals surface area (Å²) in [5.41, 5.74) is 3.62. The van der Waals surface area contributed by atoms with Crippen LogP contribution < -0.4 is 4.74 Å². The Morgan fingerprint density at radius 1 is 1.19 bits per heavy atom. The highest BCUT2D eigenvalue weighted by Gasteiger charge is 2.30. The van der Waals surface area contributed by atoms with Crippen molar-refractivity contribution >= 4 is 5.91 Å². The van der Waals surface area contributed by atoms with E-state index in [2.05, 4.69) is 11.2 Å². The highest BCUT2D eigenvalue weighted by Crippen LogP contribution is 2.33. The molecule has 0 radical (unpaired) electrons. The van der Waals surface area contributed by atoms with E-state index in [4.69, 9.17) is 9.26 Å². The van der Waals surface area contributed by atoms with E-state index >= 15 is 0 Å². The molecule has 2 aromatic carbocycles. The van der Waals surface area contributed by atoms with Gasteiger partial charge in [-0.1, -0.05) is 41.6 Å². The second-order valence-electron chi connectivity index (χ2n) is 6.43. The Labute approximate surface area is 152 Å². The smallest absolute Gasteiger partial charge is 0.276 e. The molecule has 1 aliphatic rings. The Balaban J connectivity index is 1.58. The Hall–Kier alpha value is -3.08. The monoisotopic (exact) mass is 348 g/mol. The van der Waals surface area contributed by atoms with Gasteiger partial charge in [0.15, 0.2) is 11.5 Å². The van der Waals surface area contributed by atoms with E-state index in [1.165, 1.54) is 5.56 Å². The number of fused-ring (bicyclic) bond motifs is 1. The van der Waals surface area contributed by atoms with Gasteiger partial charge < -0.3 is 14.2 Å². The number of hydrogen-bond acceptors (Lipinski definition) is 4. The third-order valence-corrected chi connectivity index (χ3v) is 4.94. The molecule has 1 aliphatic heterocycles. The van der Waals surface area contributed by atoms with Gasteiger partial charge in [-0.15, -0.1) is 0 Å². The lowest BCUT2D eigenvalue weighted by Gasteiger charge is -2.35. The highest BCUT2D eigenvalue weighted by molar-refractivity contribution is 5.93. The number of nitrogens with zero attached hydrogens (tertiary/aromatic N) is 2.